The lowest BCUT2D eigenvalue weighted by atomic mass is 9.94. The number of methoxy groups -OCH3 is 3. The number of carbonyl (C=O) groups excluding carboxylic acids is 1. The van der Waals surface area contributed by atoms with Crippen LogP contribution in [0.25, 0.3) is 0 Å². The molecule has 18 heavy (non-hydrogen) atoms. The molecule has 1 unspecified atom stereocenters. The average Bonchev–Trinajstić information content (AvgIpc) is 2.43. The minimum Gasteiger partial charge on any atom is -0.493 e. The van der Waals surface area contributed by atoms with E-state index in [4.69, 9.17) is 14.2 Å². The minimum absolute atomic E-state index is 0.177. The molecule has 0 N–H and O–H groups in total. The second-order valence-electron chi connectivity index (χ2n) is 4.00. The van der Waals surface area contributed by atoms with Crippen molar-refractivity contribution < 1.29 is 19.0 Å². The van der Waals surface area contributed by atoms with Crippen molar-refractivity contribution in [3.05, 3.63) is 17.7 Å². The fourth-order valence-electron chi connectivity index (χ4n) is 1.84. The lowest BCUT2D eigenvalue weighted by Crippen LogP contribution is -2.08. The van der Waals surface area contributed by atoms with Gasteiger partial charge in [-0.25, -0.2) is 0 Å². The van der Waals surface area contributed by atoms with Crippen molar-refractivity contribution in [1.82, 2.24) is 0 Å². The molecule has 0 saturated carbocycles. The second kappa shape index (κ2) is 6.28. The number of benzene rings is 1. The van der Waals surface area contributed by atoms with Crippen LogP contribution < -0.4 is 14.2 Å². The zero-order valence-corrected chi connectivity index (χ0v) is 11.6. The molecule has 0 saturated heterocycles. The molecule has 0 fully saturated rings. The van der Waals surface area contributed by atoms with Crippen LogP contribution in [0.15, 0.2) is 12.1 Å². The van der Waals surface area contributed by atoms with Gasteiger partial charge >= 0.3 is 0 Å². The number of rotatable bonds is 6. The molecule has 0 aliphatic rings. The maximum atomic E-state index is 11.8. The van der Waals surface area contributed by atoms with Crippen LogP contribution in [0.5, 0.6) is 17.2 Å². The number of hydrogen-bond acceptors (Lipinski definition) is 4. The topological polar surface area (TPSA) is 44.8 Å². The highest BCUT2D eigenvalue weighted by Crippen LogP contribution is 2.40. The van der Waals surface area contributed by atoms with Gasteiger partial charge < -0.3 is 14.2 Å². The van der Waals surface area contributed by atoms with Crippen LogP contribution in [-0.4, -0.2) is 27.1 Å². The van der Waals surface area contributed by atoms with E-state index in [9.17, 15) is 4.79 Å². The highest BCUT2D eigenvalue weighted by molar-refractivity contribution is 5.85. The highest BCUT2D eigenvalue weighted by atomic mass is 16.5. The first-order chi connectivity index (χ1) is 8.58. The number of ether oxygens (including phenoxy) is 3. The van der Waals surface area contributed by atoms with Crippen molar-refractivity contribution in [2.45, 2.75) is 26.2 Å². The Labute approximate surface area is 108 Å². The Morgan fingerprint density at radius 3 is 1.94 bits per heavy atom. The number of hydrogen-bond donors (Lipinski definition) is 0. The summed E-state index contributed by atoms with van der Waals surface area (Å²) >= 11 is 0. The number of carbonyl (C=O) groups is 1. The Morgan fingerprint density at radius 1 is 1.11 bits per heavy atom. The van der Waals surface area contributed by atoms with E-state index in [0.717, 1.165) is 5.56 Å². The van der Waals surface area contributed by atoms with Crippen LogP contribution in [0.2, 0.25) is 0 Å². The van der Waals surface area contributed by atoms with E-state index in [1.807, 2.05) is 26.0 Å². The molecule has 1 aromatic carbocycles. The SMILES string of the molecule is CCC(=O)C(C)c1cc(OC)c(OC)c(OC)c1. The van der Waals surface area contributed by atoms with E-state index in [0.29, 0.717) is 23.7 Å². The fourth-order valence-corrected chi connectivity index (χ4v) is 1.84. The second-order valence-corrected chi connectivity index (χ2v) is 4.00. The van der Waals surface area contributed by atoms with Gasteiger partial charge in [0.25, 0.3) is 0 Å². The summed E-state index contributed by atoms with van der Waals surface area (Å²) < 4.78 is 15.8. The molecule has 4 heteroatoms. The number of ketones is 1. The molecule has 0 aliphatic carbocycles. The van der Waals surface area contributed by atoms with Crippen molar-refractivity contribution in [2.24, 2.45) is 0 Å². The summed E-state index contributed by atoms with van der Waals surface area (Å²) in [7, 11) is 4.68. The van der Waals surface area contributed by atoms with Crippen molar-refractivity contribution in [2.75, 3.05) is 21.3 Å². The lowest BCUT2D eigenvalue weighted by Gasteiger charge is -2.16. The molecule has 0 aromatic heterocycles. The fraction of sp³-hybridized carbons (Fsp3) is 0.500. The van der Waals surface area contributed by atoms with Crippen LogP contribution in [0, 0.1) is 0 Å². The van der Waals surface area contributed by atoms with Gasteiger partial charge in [0.15, 0.2) is 11.5 Å². The molecule has 0 aliphatic heterocycles. The normalized spacial score (nSPS) is 11.8. The van der Waals surface area contributed by atoms with Crippen molar-refractivity contribution in [3.8, 4) is 17.2 Å². The molecule has 1 rings (SSSR count). The van der Waals surface area contributed by atoms with Crippen molar-refractivity contribution in [3.63, 3.8) is 0 Å². The van der Waals surface area contributed by atoms with E-state index >= 15 is 0 Å². The zero-order valence-electron chi connectivity index (χ0n) is 11.6. The average molecular weight is 252 g/mol. The maximum absolute atomic E-state index is 11.8. The summed E-state index contributed by atoms with van der Waals surface area (Å²) in [4.78, 5) is 11.8. The predicted molar refractivity (Wildman–Crippen MR) is 69.8 cm³/mol. The zero-order chi connectivity index (χ0) is 13.7. The molecule has 0 heterocycles. The van der Waals surface area contributed by atoms with Crippen LogP contribution in [0.4, 0.5) is 0 Å². The van der Waals surface area contributed by atoms with Crippen LogP contribution in [0.3, 0.4) is 0 Å². The summed E-state index contributed by atoms with van der Waals surface area (Å²) in [5.74, 6) is 1.69. The van der Waals surface area contributed by atoms with Crippen LogP contribution in [0.1, 0.15) is 31.7 Å². The molecular weight excluding hydrogens is 232 g/mol. The third-order valence-corrected chi connectivity index (χ3v) is 3.02. The summed E-state index contributed by atoms with van der Waals surface area (Å²) in [6.07, 6.45) is 0.512. The molecule has 0 radical (unpaired) electrons. The van der Waals surface area contributed by atoms with E-state index in [1.165, 1.54) is 0 Å². The van der Waals surface area contributed by atoms with Gasteiger partial charge in [-0.3, -0.25) is 4.79 Å². The van der Waals surface area contributed by atoms with Gasteiger partial charge in [0.1, 0.15) is 5.78 Å². The third kappa shape index (κ3) is 2.75. The largest absolute Gasteiger partial charge is 0.493 e. The Kier molecular flexibility index (Phi) is 5.01. The monoisotopic (exact) mass is 252 g/mol. The van der Waals surface area contributed by atoms with Gasteiger partial charge in [-0.15, -0.1) is 0 Å². The molecule has 1 aromatic rings. The van der Waals surface area contributed by atoms with E-state index in [2.05, 4.69) is 0 Å². The van der Waals surface area contributed by atoms with Crippen molar-refractivity contribution >= 4 is 5.78 Å². The highest BCUT2D eigenvalue weighted by Gasteiger charge is 2.19. The molecule has 1 atom stereocenters. The summed E-state index contributed by atoms with van der Waals surface area (Å²) in [6, 6.07) is 3.64. The van der Waals surface area contributed by atoms with Gasteiger partial charge in [-0.05, 0) is 17.7 Å². The summed E-state index contributed by atoms with van der Waals surface area (Å²) in [6.45, 7) is 3.74. The minimum atomic E-state index is -0.177. The quantitative estimate of drug-likeness (QED) is 0.781. The molecule has 0 spiro atoms. The maximum Gasteiger partial charge on any atom is 0.203 e. The molecule has 0 bridgehead atoms. The van der Waals surface area contributed by atoms with Crippen molar-refractivity contribution in [1.29, 1.82) is 0 Å². The summed E-state index contributed by atoms with van der Waals surface area (Å²) in [5.41, 5.74) is 0.872. The van der Waals surface area contributed by atoms with E-state index in [-0.39, 0.29) is 11.7 Å². The number of Topliss-reactive ketones (excluding diaryl/α,β-unsaturated/α-hetero) is 1. The predicted octanol–water partition coefficient (Wildman–Crippen LogP) is 2.80. The Bertz CT molecular complexity index is 401. The summed E-state index contributed by atoms with van der Waals surface area (Å²) in [5, 5.41) is 0. The molecule has 0 amide bonds. The third-order valence-electron chi connectivity index (χ3n) is 3.02. The van der Waals surface area contributed by atoms with Gasteiger partial charge in [0.2, 0.25) is 5.75 Å². The lowest BCUT2D eigenvalue weighted by molar-refractivity contribution is -0.119. The Hall–Kier alpha value is -1.71. The van der Waals surface area contributed by atoms with Gasteiger partial charge in [0.05, 0.1) is 21.3 Å². The molecule has 100 valence electrons. The first-order valence-electron chi connectivity index (χ1n) is 5.91. The first-order valence-corrected chi connectivity index (χ1v) is 5.91. The van der Waals surface area contributed by atoms with E-state index < -0.39 is 0 Å². The van der Waals surface area contributed by atoms with E-state index in [1.54, 1.807) is 21.3 Å². The van der Waals surface area contributed by atoms with Crippen LogP contribution >= 0.6 is 0 Å². The standard InChI is InChI=1S/C14H20O4/c1-6-11(15)9(2)10-7-12(16-3)14(18-5)13(8-10)17-4/h7-9H,6H2,1-5H3. The van der Waals surface area contributed by atoms with Gasteiger partial charge in [-0.1, -0.05) is 13.8 Å². The van der Waals surface area contributed by atoms with Gasteiger partial charge in [-0.2, -0.15) is 0 Å². The smallest absolute Gasteiger partial charge is 0.203 e. The molecular formula is C14H20O4. The molecule has 4 nitrogen and oxygen atoms in total. The Balaban J connectivity index is 3.27. The van der Waals surface area contributed by atoms with Crippen LogP contribution in [-0.2, 0) is 4.79 Å². The Morgan fingerprint density at radius 2 is 1.61 bits per heavy atom. The van der Waals surface area contributed by atoms with Gasteiger partial charge in [0, 0.05) is 12.3 Å². The first kappa shape index (κ1) is 14.4.